The Kier molecular flexibility index (Phi) is 6.89. The van der Waals surface area contributed by atoms with Gasteiger partial charge in [0.15, 0.2) is 0 Å². The van der Waals surface area contributed by atoms with E-state index >= 15 is 0 Å². The van der Waals surface area contributed by atoms with Gasteiger partial charge in [0, 0.05) is 25.1 Å². The van der Waals surface area contributed by atoms with Crippen LogP contribution in [0.3, 0.4) is 0 Å². The topological polar surface area (TPSA) is 66.8 Å². The van der Waals surface area contributed by atoms with Crippen molar-refractivity contribution in [2.45, 2.75) is 39.5 Å². The van der Waals surface area contributed by atoms with Crippen LogP contribution in [0.2, 0.25) is 0 Å². The smallest absolute Gasteiger partial charge is 0.311 e. The van der Waals surface area contributed by atoms with Crippen LogP contribution in [0.5, 0.6) is 5.75 Å². The van der Waals surface area contributed by atoms with E-state index in [2.05, 4.69) is 0 Å². The van der Waals surface area contributed by atoms with E-state index in [4.69, 9.17) is 4.74 Å². The van der Waals surface area contributed by atoms with Gasteiger partial charge in [-0.2, -0.15) is 0 Å². The third-order valence-electron chi connectivity index (χ3n) is 3.87. The first-order valence-electron chi connectivity index (χ1n) is 7.65. The average molecular weight is 307 g/mol. The van der Waals surface area contributed by atoms with Gasteiger partial charge in [-0.3, -0.25) is 9.59 Å². The van der Waals surface area contributed by atoms with E-state index in [9.17, 15) is 14.7 Å². The van der Waals surface area contributed by atoms with E-state index < -0.39 is 11.9 Å². The number of benzene rings is 1. The highest BCUT2D eigenvalue weighted by Gasteiger charge is 2.28. The molecule has 0 spiro atoms. The molecule has 1 aromatic rings. The zero-order chi connectivity index (χ0) is 16.7. The number of carbonyl (C=O) groups is 2. The summed E-state index contributed by atoms with van der Waals surface area (Å²) in [5.41, 5.74) is 1.59. The second-order valence-electron chi connectivity index (χ2n) is 5.09. The van der Waals surface area contributed by atoms with Crippen LogP contribution in [0.1, 0.15) is 44.2 Å². The summed E-state index contributed by atoms with van der Waals surface area (Å²) < 4.78 is 5.28. The molecule has 0 saturated heterocycles. The maximum absolute atomic E-state index is 12.3. The minimum atomic E-state index is -1.01. The molecule has 0 aliphatic rings. The van der Waals surface area contributed by atoms with Crippen molar-refractivity contribution in [3.63, 3.8) is 0 Å². The molecule has 0 aliphatic heterocycles. The van der Waals surface area contributed by atoms with Crippen molar-refractivity contribution in [2.24, 2.45) is 0 Å². The Morgan fingerprint density at radius 3 is 2.32 bits per heavy atom. The lowest BCUT2D eigenvalue weighted by Gasteiger charge is -2.22. The molecule has 1 rings (SSSR count). The molecule has 5 nitrogen and oxygen atoms in total. The third-order valence-corrected chi connectivity index (χ3v) is 3.87. The van der Waals surface area contributed by atoms with Crippen LogP contribution in [-0.4, -0.2) is 42.1 Å². The van der Waals surface area contributed by atoms with E-state index in [0.717, 1.165) is 12.0 Å². The van der Waals surface area contributed by atoms with Gasteiger partial charge in [0.25, 0.3) is 0 Å². The van der Waals surface area contributed by atoms with E-state index in [0.29, 0.717) is 24.4 Å². The van der Waals surface area contributed by atoms with Crippen LogP contribution in [0.4, 0.5) is 0 Å². The molecule has 0 aromatic heterocycles. The first-order chi connectivity index (χ1) is 10.5. The molecule has 0 fully saturated rings. The summed E-state index contributed by atoms with van der Waals surface area (Å²) in [4.78, 5) is 25.6. The number of rotatable bonds is 8. The zero-order valence-corrected chi connectivity index (χ0v) is 13.8. The van der Waals surface area contributed by atoms with Crippen molar-refractivity contribution in [2.75, 3.05) is 20.2 Å². The Morgan fingerprint density at radius 1 is 1.23 bits per heavy atom. The second kappa shape index (κ2) is 8.41. The standard InChI is InChI=1S/C17H25NO4/c1-5-12-8-9-15(22-4)13(10-12)14(17(20)21)11-16(19)18(6-2)7-3/h8-10,14H,5-7,11H2,1-4H3,(H,20,21). The van der Waals surface area contributed by atoms with Gasteiger partial charge in [-0.05, 0) is 31.9 Å². The highest BCUT2D eigenvalue weighted by atomic mass is 16.5. The van der Waals surface area contributed by atoms with Gasteiger partial charge in [-0.25, -0.2) is 0 Å². The highest BCUT2D eigenvalue weighted by molar-refractivity contribution is 5.86. The van der Waals surface area contributed by atoms with Crippen LogP contribution < -0.4 is 4.74 Å². The zero-order valence-electron chi connectivity index (χ0n) is 13.8. The fraction of sp³-hybridized carbons (Fsp3) is 0.529. The maximum Gasteiger partial charge on any atom is 0.311 e. The molecule has 0 radical (unpaired) electrons. The van der Waals surface area contributed by atoms with Gasteiger partial charge < -0.3 is 14.7 Å². The summed E-state index contributed by atoms with van der Waals surface area (Å²) >= 11 is 0. The number of carboxylic acid groups (broad SMARTS) is 1. The van der Waals surface area contributed by atoms with E-state index in [1.165, 1.54) is 7.11 Å². The molecule has 1 aromatic carbocycles. The van der Waals surface area contributed by atoms with Crippen molar-refractivity contribution < 1.29 is 19.4 Å². The lowest BCUT2D eigenvalue weighted by atomic mass is 9.92. The lowest BCUT2D eigenvalue weighted by Crippen LogP contribution is -2.33. The number of aliphatic carboxylic acids is 1. The molecule has 22 heavy (non-hydrogen) atoms. The first-order valence-corrected chi connectivity index (χ1v) is 7.65. The molecule has 1 unspecified atom stereocenters. The molecule has 0 bridgehead atoms. The van der Waals surface area contributed by atoms with E-state index in [-0.39, 0.29) is 12.3 Å². The van der Waals surface area contributed by atoms with Crippen molar-refractivity contribution in [1.82, 2.24) is 4.90 Å². The monoisotopic (exact) mass is 307 g/mol. The highest BCUT2D eigenvalue weighted by Crippen LogP contribution is 2.31. The minimum absolute atomic E-state index is 0.0550. The summed E-state index contributed by atoms with van der Waals surface area (Å²) in [6.07, 6.45) is 0.744. The SMILES string of the molecule is CCc1ccc(OC)c(C(CC(=O)N(CC)CC)C(=O)O)c1. The van der Waals surface area contributed by atoms with Crippen LogP contribution in [-0.2, 0) is 16.0 Å². The number of nitrogens with zero attached hydrogens (tertiary/aromatic N) is 1. The van der Waals surface area contributed by atoms with Crippen LogP contribution >= 0.6 is 0 Å². The number of carboxylic acids is 1. The molecular formula is C17H25NO4. The molecule has 0 heterocycles. The maximum atomic E-state index is 12.3. The number of hydrogen-bond donors (Lipinski definition) is 1. The summed E-state index contributed by atoms with van der Waals surface area (Å²) in [7, 11) is 1.51. The Labute approximate surface area is 131 Å². The van der Waals surface area contributed by atoms with Crippen molar-refractivity contribution >= 4 is 11.9 Å². The van der Waals surface area contributed by atoms with Gasteiger partial charge in [-0.15, -0.1) is 0 Å². The Hall–Kier alpha value is -2.04. The number of aryl methyl sites for hydroxylation is 1. The van der Waals surface area contributed by atoms with Crippen LogP contribution in [0.15, 0.2) is 18.2 Å². The number of carbonyl (C=O) groups excluding carboxylic acids is 1. The fourth-order valence-electron chi connectivity index (χ4n) is 2.49. The molecule has 0 aliphatic carbocycles. The molecule has 1 amide bonds. The number of hydrogen-bond acceptors (Lipinski definition) is 3. The third kappa shape index (κ3) is 4.23. The first kappa shape index (κ1) is 18.0. The molecule has 122 valence electrons. The van der Waals surface area contributed by atoms with Gasteiger partial charge >= 0.3 is 5.97 Å². The van der Waals surface area contributed by atoms with Gasteiger partial charge in [0.1, 0.15) is 5.75 Å². The number of amides is 1. The predicted molar refractivity (Wildman–Crippen MR) is 85.3 cm³/mol. The Bertz CT molecular complexity index is 523. The summed E-state index contributed by atoms with van der Waals surface area (Å²) in [5, 5.41) is 9.56. The quantitative estimate of drug-likeness (QED) is 0.802. The van der Waals surface area contributed by atoms with Crippen molar-refractivity contribution in [3.05, 3.63) is 29.3 Å². The van der Waals surface area contributed by atoms with Crippen LogP contribution in [0.25, 0.3) is 0 Å². The summed E-state index contributed by atoms with van der Waals surface area (Å²) in [6.45, 7) is 6.93. The molecule has 1 N–H and O–H groups in total. The van der Waals surface area contributed by atoms with Gasteiger partial charge in [-0.1, -0.05) is 19.1 Å². The lowest BCUT2D eigenvalue weighted by molar-refractivity contribution is -0.142. The Morgan fingerprint density at radius 2 is 1.86 bits per heavy atom. The van der Waals surface area contributed by atoms with E-state index in [1.54, 1.807) is 11.0 Å². The molecule has 0 saturated carbocycles. The normalized spacial score (nSPS) is 11.8. The fourth-order valence-corrected chi connectivity index (χ4v) is 2.49. The number of ether oxygens (including phenoxy) is 1. The molecule has 5 heteroatoms. The predicted octanol–water partition coefficient (Wildman–Crippen LogP) is 2.68. The van der Waals surface area contributed by atoms with Crippen molar-refractivity contribution in [3.8, 4) is 5.75 Å². The number of methoxy groups -OCH3 is 1. The van der Waals surface area contributed by atoms with Crippen LogP contribution in [0, 0.1) is 0 Å². The summed E-state index contributed by atoms with van der Waals surface area (Å²) in [5.74, 6) is -1.54. The molecule has 1 atom stereocenters. The van der Waals surface area contributed by atoms with Gasteiger partial charge in [0.05, 0.1) is 13.0 Å². The Balaban J connectivity index is 3.15. The van der Waals surface area contributed by atoms with Crippen molar-refractivity contribution in [1.29, 1.82) is 0 Å². The van der Waals surface area contributed by atoms with Gasteiger partial charge in [0.2, 0.25) is 5.91 Å². The average Bonchev–Trinajstić information content (AvgIpc) is 2.52. The second-order valence-corrected chi connectivity index (χ2v) is 5.09. The largest absolute Gasteiger partial charge is 0.496 e. The minimum Gasteiger partial charge on any atom is -0.496 e. The molecular weight excluding hydrogens is 282 g/mol. The summed E-state index contributed by atoms with van der Waals surface area (Å²) in [6, 6.07) is 5.51. The van der Waals surface area contributed by atoms with E-state index in [1.807, 2.05) is 32.9 Å².